The molecule has 2 aromatic rings. The smallest absolute Gasteiger partial charge is 0.125 e. The van der Waals surface area contributed by atoms with Gasteiger partial charge in [-0.2, -0.15) is 0 Å². The molecule has 26 heavy (non-hydrogen) atoms. The third-order valence-electron chi connectivity index (χ3n) is 5.47. The Kier molecular flexibility index (Phi) is 4.86. The number of likely N-dealkylation sites (tertiary alicyclic amines) is 1. The summed E-state index contributed by atoms with van der Waals surface area (Å²) in [7, 11) is 1.70. The van der Waals surface area contributed by atoms with Gasteiger partial charge < -0.3 is 9.47 Å². The van der Waals surface area contributed by atoms with Crippen molar-refractivity contribution in [1.29, 1.82) is 0 Å². The zero-order valence-corrected chi connectivity index (χ0v) is 16.1. The van der Waals surface area contributed by atoms with Crippen LogP contribution in [0.1, 0.15) is 35.5 Å². The van der Waals surface area contributed by atoms with Crippen molar-refractivity contribution in [3.63, 3.8) is 0 Å². The highest BCUT2D eigenvalue weighted by molar-refractivity contribution is 6.30. The van der Waals surface area contributed by atoms with Crippen molar-refractivity contribution in [2.45, 2.75) is 38.3 Å². The van der Waals surface area contributed by atoms with Gasteiger partial charge in [0, 0.05) is 36.4 Å². The molecular weight excluding hydrogens is 350 g/mol. The number of aromatic nitrogens is 2. The van der Waals surface area contributed by atoms with Gasteiger partial charge in [0.1, 0.15) is 17.2 Å². The monoisotopic (exact) mass is 373 g/mol. The van der Waals surface area contributed by atoms with Gasteiger partial charge >= 0.3 is 0 Å². The number of nitrogens with zero attached hydrogens (tertiary/aromatic N) is 3. The maximum atomic E-state index is 6.29. The fourth-order valence-corrected chi connectivity index (χ4v) is 4.26. The quantitative estimate of drug-likeness (QED) is 0.823. The molecule has 0 unspecified atom stereocenters. The largest absolute Gasteiger partial charge is 0.496 e. The van der Waals surface area contributed by atoms with E-state index in [0.717, 1.165) is 73.4 Å². The van der Waals surface area contributed by atoms with E-state index in [-0.39, 0.29) is 5.60 Å². The molecule has 0 radical (unpaired) electrons. The molecular formula is C20H24ClN3O2. The molecule has 2 aliphatic heterocycles. The molecule has 1 aromatic heterocycles. The van der Waals surface area contributed by atoms with Gasteiger partial charge in [-0.3, -0.25) is 4.90 Å². The van der Waals surface area contributed by atoms with Crippen LogP contribution in [0.2, 0.25) is 5.02 Å². The molecule has 0 atom stereocenters. The standard InChI is InChI=1S/C20H24ClN3O2/c1-14-22-12-15-5-10-26-20(19(15)23-14)6-8-24(9-7-20)13-16-11-17(21)3-4-18(16)25-2/h3-4,11-12H,5-10,13H2,1-2H3. The maximum absolute atomic E-state index is 6.29. The second-order valence-corrected chi connectivity index (χ2v) is 7.55. The van der Waals surface area contributed by atoms with Crippen LogP contribution in [-0.4, -0.2) is 41.7 Å². The van der Waals surface area contributed by atoms with Gasteiger partial charge in [-0.1, -0.05) is 11.6 Å². The number of benzene rings is 1. The van der Waals surface area contributed by atoms with Crippen molar-refractivity contribution in [3.05, 3.63) is 52.1 Å². The van der Waals surface area contributed by atoms with Gasteiger partial charge in [0.25, 0.3) is 0 Å². The summed E-state index contributed by atoms with van der Waals surface area (Å²) in [5.41, 5.74) is 3.22. The minimum atomic E-state index is -0.254. The van der Waals surface area contributed by atoms with Crippen LogP contribution in [-0.2, 0) is 23.3 Å². The second kappa shape index (κ2) is 7.14. The first-order chi connectivity index (χ1) is 12.6. The number of hydrogen-bond acceptors (Lipinski definition) is 5. The number of halogens is 1. The lowest BCUT2D eigenvalue weighted by Crippen LogP contribution is -2.47. The zero-order valence-electron chi connectivity index (χ0n) is 15.3. The maximum Gasteiger partial charge on any atom is 0.125 e. The van der Waals surface area contributed by atoms with E-state index in [1.165, 1.54) is 5.56 Å². The predicted molar refractivity (Wildman–Crippen MR) is 101 cm³/mol. The van der Waals surface area contributed by atoms with E-state index >= 15 is 0 Å². The van der Waals surface area contributed by atoms with E-state index in [2.05, 4.69) is 9.88 Å². The number of ether oxygens (including phenoxy) is 2. The minimum absolute atomic E-state index is 0.254. The van der Waals surface area contributed by atoms with Gasteiger partial charge in [0.2, 0.25) is 0 Å². The first-order valence-corrected chi connectivity index (χ1v) is 9.49. The van der Waals surface area contributed by atoms with Crippen LogP contribution in [0.15, 0.2) is 24.4 Å². The fourth-order valence-electron chi connectivity index (χ4n) is 4.06. The minimum Gasteiger partial charge on any atom is -0.496 e. The summed E-state index contributed by atoms with van der Waals surface area (Å²) in [6.45, 7) is 5.44. The van der Waals surface area contributed by atoms with Crippen LogP contribution in [0.5, 0.6) is 5.75 Å². The molecule has 138 valence electrons. The molecule has 0 bridgehead atoms. The van der Waals surface area contributed by atoms with E-state index in [0.29, 0.717) is 0 Å². The summed E-state index contributed by atoms with van der Waals surface area (Å²) in [6, 6.07) is 5.79. The average Bonchev–Trinajstić information content (AvgIpc) is 2.65. The van der Waals surface area contributed by atoms with E-state index in [1.54, 1.807) is 7.11 Å². The number of piperidine rings is 1. The van der Waals surface area contributed by atoms with Crippen molar-refractivity contribution < 1.29 is 9.47 Å². The van der Waals surface area contributed by atoms with Crippen LogP contribution in [0.3, 0.4) is 0 Å². The molecule has 0 amide bonds. The molecule has 3 heterocycles. The Labute approximate surface area is 159 Å². The Bertz CT molecular complexity index is 804. The summed E-state index contributed by atoms with van der Waals surface area (Å²) in [4.78, 5) is 11.5. The summed E-state index contributed by atoms with van der Waals surface area (Å²) in [5, 5.41) is 0.742. The topological polar surface area (TPSA) is 47.5 Å². The third kappa shape index (κ3) is 3.31. The van der Waals surface area contributed by atoms with E-state index < -0.39 is 0 Å². The van der Waals surface area contributed by atoms with Crippen LogP contribution in [0.25, 0.3) is 0 Å². The Morgan fingerprint density at radius 3 is 2.88 bits per heavy atom. The average molecular weight is 374 g/mol. The molecule has 1 spiro atoms. The summed E-state index contributed by atoms with van der Waals surface area (Å²) in [6.07, 6.45) is 4.77. The molecule has 1 aromatic carbocycles. The third-order valence-corrected chi connectivity index (χ3v) is 5.70. The molecule has 5 nitrogen and oxygen atoms in total. The van der Waals surface area contributed by atoms with Gasteiger partial charge in [-0.25, -0.2) is 9.97 Å². The molecule has 4 rings (SSSR count). The Morgan fingerprint density at radius 2 is 2.12 bits per heavy atom. The Hall–Kier alpha value is -1.69. The number of aryl methyl sites for hydroxylation is 1. The lowest BCUT2D eigenvalue weighted by atomic mass is 9.83. The van der Waals surface area contributed by atoms with Gasteiger partial charge in [0.05, 0.1) is 19.4 Å². The van der Waals surface area contributed by atoms with Gasteiger partial charge in [0.15, 0.2) is 0 Å². The molecule has 6 heteroatoms. The van der Waals surface area contributed by atoms with Gasteiger partial charge in [-0.05, 0) is 49.9 Å². The SMILES string of the molecule is COc1ccc(Cl)cc1CN1CCC2(CC1)OCCc1cnc(C)nc12. The van der Waals surface area contributed by atoms with Crippen LogP contribution < -0.4 is 4.74 Å². The molecule has 0 N–H and O–H groups in total. The highest BCUT2D eigenvalue weighted by Crippen LogP contribution is 2.40. The van der Waals surface area contributed by atoms with Gasteiger partial charge in [-0.15, -0.1) is 0 Å². The van der Waals surface area contributed by atoms with Crippen molar-refractivity contribution in [3.8, 4) is 5.75 Å². The molecule has 1 fully saturated rings. The van der Waals surface area contributed by atoms with E-state index in [1.807, 2.05) is 31.3 Å². The number of hydrogen-bond donors (Lipinski definition) is 0. The predicted octanol–water partition coefficient (Wildman–Crippen LogP) is 3.51. The first-order valence-electron chi connectivity index (χ1n) is 9.11. The van der Waals surface area contributed by atoms with Crippen LogP contribution in [0, 0.1) is 6.92 Å². The molecule has 1 saturated heterocycles. The number of fused-ring (bicyclic) bond motifs is 2. The number of rotatable bonds is 3. The normalized spacial score (nSPS) is 19.3. The lowest BCUT2D eigenvalue weighted by Gasteiger charge is -2.44. The summed E-state index contributed by atoms with van der Waals surface area (Å²) in [5.74, 6) is 1.71. The van der Waals surface area contributed by atoms with Crippen LogP contribution >= 0.6 is 11.6 Å². The van der Waals surface area contributed by atoms with Crippen molar-refractivity contribution in [1.82, 2.24) is 14.9 Å². The highest BCUT2D eigenvalue weighted by atomic mass is 35.5. The first kappa shape index (κ1) is 17.7. The van der Waals surface area contributed by atoms with Crippen LogP contribution in [0.4, 0.5) is 0 Å². The Balaban J connectivity index is 1.50. The molecule has 0 aliphatic carbocycles. The zero-order chi connectivity index (χ0) is 18.1. The lowest BCUT2D eigenvalue weighted by molar-refractivity contribution is -0.102. The van der Waals surface area contributed by atoms with E-state index in [4.69, 9.17) is 26.1 Å². The summed E-state index contributed by atoms with van der Waals surface area (Å²) >= 11 is 6.17. The summed E-state index contributed by atoms with van der Waals surface area (Å²) < 4.78 is 11.8. The second-order valence-electron chi connectivity index (χ2n) is 7.12. The Morgan fingerprint density at radius 1 is 1.31 bits per heavy atom. The van der Waals surface area contributed by atoms with E-state index in [9.17, 15) is 0 Å². The number of methoxy groups -OCH3 is 1. The van der Waals surface area contributed by atoms with Crippen molar-refractivity contribution in [2.24, 2.45) is 0 Å². The van der Waals surface area contributed by atoms with Crippen molar-refractivity contribution >= 4 is 11.6 Å². The molecule has 2 aliphatic rings. The fraction of sp³-hybridized carbons (Fsp3) is 0.500. The highest BCUT2D eigenvalue weighted by Gasteiger charge is 2.42. The molecule has 0 saturated carbocycles. The van der Waals surface area contributed by atoms with Crippen molar-refractivity contribution in [2.75, 3.05) is 26.8 Å².